The highest BCUT2D eigenvalue weighted by Crippen LogP contribution is 2.34. The Morgan fingerprint density at radius 1 is 1.41 bits per heavy atom. The number of rotatable bonds is 5. The number of hydrogen-bond donors (Lipinski definition) is 2. The first-order valence-electron chi connectivity index (χ1n) is 10.1. The Morgan fingerprint density at radius 3 is 2.83 bits per heavy atom. The minimum Gasteiger partial charge on any atom is -0.381 e. The van der Waals surface area contributed by atoms with Crippen molar-refractivity contribution in [2.75, 3.05) is 39.9 Å². The number of carbonyl (C=O) groups excluding carboxylic acids is 1. The molecule has 2 fully saturated rings. The molecule has 2 aliphatic heterocycles. The van der Waals surface area contributed by atoms with Crippen LogP contribution < -0.4 is 11.1 Å². The minimum absolute atomic E-state index is 0. The molecule has 0 radical (unpaired) electrons. The molecule has 0 spiro atoms. The van der Waals surface area contributed by atoms with Gasteiger partial charge in [-0.25, -0.2) is 4.39 Å². The van der Waals surface area contributed by atoms with Crippen LogP contribution in [-0.2, 0) is 14.9 Å². The van der Waals surface area contributed by atoms with Crippen molar-refractivity contribution in [1.29, 1.82) is 0 Å². The fourth-order valence-corrected chi connectivity index (χ4v) is 4.44. The zero-order valence-electron chi connectivity index (χ0n) is 17.0. The van der Waals surface area contributed by atoms with Crippen molar-refractivity contribution in [2.45, 2.75) is 37.5 Å². The van der Waals surface area contributed by atoms with E-state index in [1.165, 1.54) is 6.07 Å². The summed E-state index contributed by atoms with van der Waals surface area (Å²) < 4.78 is 19.4. The quantitative estimate of drug-likeness (QED) is 0.357. The van der Waals surface area contributed by atoms with Crippen molar-refractivity contribution in [2.24, 2.45) is 16.6 Å². The van der Waals surface area contributed by atoms with Crippen molar-refractivity contribution < 1.29 is 13.9 Å². The molecule has 1 unspecified atom stereocenters. The molecule has 2 aliphatic rings. The number of piperidine rings is 1. The number of guanidine groups is 1. The topological polar surface area (TPSA) is 80.0 Å². The van der Waals surface area contributed by atoms with E-state index >= 15 is 0 Å². The van der Waals surface area contributed by atoms with Gasteiger partial charge in [-0.1, -0.05) is 12.1 Å². The van der Waals surface area contributed by atoms with Gasteiger partial charge in [-0.3, -0.25) is 9.79 Å². The number of nitrogens with two attached hydrogens (primary N) is 1. The molecule has 1 atom stereocenters. The number of primary amides is 1. The Hall–Kier alpha value is -1.42. The highest BCUT2D eigenvalue weighted by Gasteiger charge is 2.35. The van der Waals surface area contributed by atoms with Crippen molar-refractivity contribution in [1.82, 2.24) is 10.2 Å². The van der Waals surface area contributed by atoms with Crippen LogP contribution in [0.4, 0.5) is 4.39 Å². The van der Waals surface area contributed by atoms with Gasteiger partial charge in [0.05, 0.1) is 0 Å². The molecular weight excluding hydrogens is 486 g/mol. The van der Waals surface area contributed by atoms with Crippen LogP contribution in [0.3, 0.4) is 0 Å². The molecule has 6 nitrogen and oxygen atoms in total. The van der Waals surface area contributed by atoms with Crippen LogP contribution in [0.25, 0.3) is 0 Å². The van der Waals surface area contributed by atoms with E-state index in [0.29, 0.717) is 26.2 Å². The van der Waals surface area contributed by atoms with Gasteiger partial charge in [-0.05, 0) is 49.3 Å². The summed E-state index contributed by atoms with van der Waals surface area (Å²) in [5.41, 5.74) is 6.20. The maximum atomic E-state index is 13.9. The van der Waals surface area contributed by atoms with Gasteiger partial charge >= 0.3 is 0 Å². The maximum absolute atomic E-state index is 13.9. The molecule has 1 aromatic carbocycles. The van der Waals surface area contributed by atoms with E-state index in [1.807, 2.05) is 6.07 Å². The zero-order valence-corrected chi connectivity index (χ0v) is 19.4. The summed E-state index contributed by atoms with van der Waals surface area (Å²) in [5, 5.41) is 3.52. The van der Waals surface area contributed by atoms with Gasteiger partial charge in [0, 0.05) is 51.7 Å². The van der Waals surface area contributed by atoms with Crippen molar-refractivity contribution in [3.63, 3.8) is 0 Å². The molecule has 8 heteroatoms. The molecule has 0 aromatic heterocycles. The number of aliphatic imine (C=N–C) groups is 1. The van der Waals surface area contributed by atoms with Crippen LogP contribution in [-0.4, -0.2) is 56.7 Å². The fourth-order valence-electron chi connectivity index (χ4n) is 4.44. The largest absolute Gasteiger partial charge is 0.381 e. The molecule has 0 saturated carbocycles. The standard InChI is InChI=1S/C21H31FN4O2.HI/c1-24-20(26-9-3-4-16(14-26)12-19(23)27)25-15-21(7-10-28-11-8-21)17-5-2-6-18(22)13-17;/h2,5-6,13,16H,3-4,7-12,14-15H2,1H3,(H2,23,27)(H,24,25);1H. The first-order chi connectivity index (χ1) is 13.5. The number of benzene rings is 1. The van der Waals surface area contributed by atoms with Gasteiger partial charge in [0.2, 0.25) is 5.91 Å². The maximum Gasteiger partial charge on any atom is 0.217 e. The van der Waals surface area contributed by atoms with Gasteiger partial charge in [0.25, 0.3) is 0 Å². The third-order valence-electron chi connectivity index (χ3n) is 5.99. The van der Waals surface area contributed by atoms with Crippen LogP contribution in [0.1, 0.15) is 37.7 Å². The van der Waals surface area contributed by atoms with Crippen LogP contribution in [0.5, 0.6) is 0 Å². The second kappa shape index (κ2) is 11.1. The smallest absolute Gasteiger partial charge is 0.217 e. The summed E-state index contributed by atoms with van der Waals surface area (Å²) in [7, 11) is 1.78. The Morgan fingerprint density at radius 2 is 2.17 bits per heavy atom. The summed E-state index contributed by atoms with van der Waals surface area (Å²) >= 11 is 0. The predicted molar refractivity (Wildman–Crippen MR) is 123 cm³/mol. The van der Waals surface area contributed by atoms with Gasteiger partial charge in [0.1, 0.15) is 5.82 Å². The highest BCUT2D eigenvalue weighted by molar-refractivity contribution is 14.0. The summed E-state index contributed by atoms with van der Waals surface area (Å²) in [5.74, 6) is 0.640. The molecule has 1 amide bonds. The normalized spacial score (nSPS) is 21.9. The Bertz CT molecular complexity index is 710. The lowest BCUT2D eigenvalue weighted by Gasteiger charge is -2.40. The summed E-state index contributed by atoms with van der Waals surface area (Å²) in [6.45, 7) is 3.69. The Balaban J connectivity index is 0.00000300. The number of ether oxygens (including phenoxy) is 1. The van der Waals surface area contributed by atoms with E-state index in [4.69, 9.17) is 10.5 Å². The number of likely N-dealkylation sites (tertiary alicyclic amines) is 1. The van der Waals surface area contributed by atoms with E-state index in [9.17, 15) is 9.18 Å². The number of nitrogens with one attached hydrogen (secondary N) is 1. The molecule has 3 N–H and O–H groups in total. The van der Waals surface area contributed by atoms with Crippen LogP contribution in [0.2, 0.25) is 0 Å². The van der Waals surface area contributed by atoms with Crippen LogP contribution in [0.15, 0.2) is 29.3 Å². The average molecular weight is 518 g/mol. The number of amides is 1. The molecule has 2 saturated heterocycles. The van der Waals surface area contributed by atoms with E-state index in [-0.39, 0.29) is 47.0 Å². The first kappa shape index (κ1) is 23.9. The second-order valence-electron chi connectivity index (χ2n) is 7.93. The van der Waals surface area contributed by atoms with E-state index in [0.717, 1.165) is 50.3 Å². The van der Waals surface area contributed by atoms with Gasteiger partial charge in [-0.2, -0.15) is 0 Å². The zero-order chi connectivity index (χ0) is 20.0. The number of carbonyl (C=O) groups is 1. The molecular formula is C21H32FIN4O2. The third kappa shape index (κ3) is 6.28. The second-order valence-corrected chi connectivity index (χ2v) is 7.93. The summed E-state index contributed by atoms with van der Waals surface area (Å²) in [6, 6.07) is 6.90. The lowest BCUT2D eigenvalue weighted by atomic mass is 9.74. The molecule has 3 rings (SSSR count). The fraction of sp³-hybridized carbons (Fsp3) is 0.619. The Kier molecular flexibility index (Phi) is 9.13. The monoisotopic (exact) mass is 518 g/mol. The van der Waals surface area contributed by atoms with Crippen molar-refractivity contribution in [3.05, 3.63) is 35.6 Å². The van der Waals surface area contributed by atoms with E-state index < -0.39 is 0 Å². The minimum atomic E-state index is -0.248. The number of nitrogens with zero attached hydrogens (tertiary/aromatic N) is 2. The van der Waals surface area contributed by atoms with Gasteiger partial charge in [-0.15, -0.1) is 24.0 Å². The number of halogens is 2. The summed E-state index contributed by atoms with van der Waals surface area (Å²) in [4.78, 5) is 18.0. The van der Waals surface area contributed by atoms with E-state index in [1.54, 1.807) is 19.2 Å². The molecule has 29 heavy (non-hydrogen) atoms. The molecule has 0 aliphatic carbocycles. The number of hydrogen-bond acceptors (Lipinski definition) is 3. The molecule has 2 heterocycles. The van der Waals surface area contributed by atoms with Crippen molar-refractivity contribution >= 4 is 35.8 Å². The Labute approximate surface area is 189 Å². The average Bonchev–Trinajstić information content (AvgIpc) is 2.69. The molecule has 0 bridgehead atoms. The lowest BCUT2D eigenvalue weighted by molar-refractivity contribution is -0.119. The third-order valence-corrected chi connectivity index (χ3v) is 5.99. The van der Waals surface area contributed by atoms with Crippen LogP contribution in [0, 0.1) is 11.7 Å². The van der Waals surface area contributed by atoms with E-state index in [2.05, 4.69) is 15.2 Å². The van der Waals surface area contributed by atoms with Crippen LogP contribution >= 0.6 is 24.0 Å². The molecule has 1 aromatic rings. The lowest BCUT2D eigenvalue weighted by Crippen LogP contribution is -2.51. The van der Waals surface area contributed by atoms with Crippen molar-refractivity contribution in [3.8, 4) is 0 Å². The summed E-state index contributed by atoms with van der Waals surface area (Å²) in [6.07, 6.45) is 4.12. The predicted octanol–water partition coefficient (Wildman–Crippen LogP) is 2.65. The van der Waals surface area contributed by atoms with Gasteiger partial charge in [0.15, 0.2) is 5.96 Å². The first-order valence-corrected chi connectivity index (χ1v) is 10.1. The van der Waals surface area contributed by atoms with Gasteiger partial charge < -0.3 is 20.7 Å². The molecule has 162 valence electrons. The highest BCUT2D eigenvalue weighted by atomic mass is 127. The SMILES string of the molecule is CN=C(NCC1(c2cccc(F)c2)CCOCC1)N1CCCC(CC(N)=O)C1.I.